The number of carbonyl (C=O) groups is 1. The van der Waals surface area contributed by atoms with Gasteiger partial charge in [0.25, 0.3) is 0 Å². The molecule has 0 aromatic rings. The monoisotopic (exact) mass is 240 g/mol. The maximum atomic E-state index is 10.9. The number of primary amides is 1. The van der Waals surface area contributed by atoms with E-state index < -0.39 is 0 Å². The Kier molecular flexibility index (Phi) is 4.99. The summed E-state index contributed by atoms with van der Waals surface area (Å²) in [5.41, 5.74) is 5.58. The van der Waals surface area contributed by atoms with Crippen molar-refractivity contribution in [2.75, 3.05) is 0 Å². The number of nitrogens with two attached hydrogens (primary N) is 1. The maximum Gasteiger partial charge on any atom is 0.218 e. The Labute approximate surface area is 106 Å². The lowest BCUT2D eigenvalue weighted by molar-refractivity contribution is -0.118. The highest BCUT2D eigenvalue weighted by atomic mass is 16.1. The molecule has 3 heteroatoms. The molecule has 17 heavy (non-hydrogen) atoms. The fourth-order valence-electron chi connectivity index (χ4n) is 3.09. The van der Waals surface area contributed by atoms with E-state index in [2.05, 4.69) is 33.0 Å². The van der Waals surface area contributed by atoms with E-state index in [1.54, 1.807) is 0 Å². The van der Waals surface area contributed by atoms with Crippen molar-refractivity contribution in [3.8, 4) is 0 Å². The molecule has 1 rings (SSSR count). The van der Waals surface area contributed by atoms with Crippen LogP contribution in [0.25, 0.3) is 0 Å². The minimum atomic E-state index is -0.215. The van der Waals surface area contributed by atoms with Gasteiger partial charge in [-0.1, -0.05) is 33.6 Å². The van der Waals surface area contributed by atoms with Gasteiger partial charge >= 0.3 is 0 Å². The van der Waals surface area contributed by atoms with Crippen molar-refractivity contribution in [1.29, 1.82) is 0 Å². The average Bonchev–Trinajstić information content (AvgIpc) is 2.15. The van der Waals surface area contributed by atoms with E-state index in [0.717, 1.165) is 0 Å². The zero-order valence-corrected chi connectivity index (χ0v) is 11.8. The molecule has 3 nitrogen and oxygen atoms in total. The van der Waals surface area contributed by atoms with Crippen molar-refractivity contribution >= 4 is 5.91 Å². The Morgan fingerprint density at radius 1 is 1.35 bits per heavy atom. The molecule has 0 radical (unpaired) electrons. The highest BCUT2D eigenvalue weighted by Gasteiger charge is 2.34. The molecule has 0 bridgehead atoms. The van der Waals surface area contributed by atoms with Crippen LogP contribution in [-0.4, -0.2) is 18.0 Å². The van der Waals surface area contributed by atoms with E-state index in [0.29, 0.717) is 23.8 Å². The summed E-state index contributed by atoms with van der Waals surface area (Å²) in [6, 6.07) is 0.735. The van der Waals surface area contributed by atoms with E-state index >= 15 is 0 Å². The molecule has 100 valence electrons. The molecule has 0 heterocycles. The lowest BCUT2D eigenvalue weighted by Gasteiger charge is -2.42. The number of amides is 1. The molecule has 1 saturated carbocycles. The first-order valence-electron chi connectivity index (χ1n) is 6.85. The number of hydrogen-bond donors (Lipinski definition) is 2. The fourth-order valence-corrected chi connectivity index (χ4v) is 3.09. The van der Waals surface area contributed by atoms with Gasteiger partial charge in [-0.2, -0.15) is 0 Å². The standard InChI is InChI=1S/C14H28N2O/c1-10(9-13(15)17)16-12-8-6-5-7-11(12)14(2,3)4/h10-12,16H,5-9H2,1-4H3,(H2,15,17). The van der Waals surface area contributed by atoms with Crippen molar-refractivity contribution in [3.63, 3.8) is 0 Å². The van der Waals surface area contributed by atoms with Crippen LogP contribution in [0.4, 0.5) is 0 Å². The topological polar surface area (TPSA) is 55.1 Å². The van der Waals surface area contributed by atoms with Crippen LogP contribution in [0.5, 0.6) is 0 Å². The van der Waals surface area contributed by atoms with Gasteiger partial charge in [0, 0.05) is 18.5 Å². The zero-order chi connectivity index (χ0) is 13.1. The molecule has 3 N–H and O–H groups in total. The smallest absolute Gasteiger partial charge is 0.218 e. The van der Waals surface area contributed by atoms with Crippen molar-refractivity contribution in [2.24, 2.45) is 17.1 Å². The second kappa shape index (κ2) is 5.85. The minimum Gasteiger partial charge on any atom is -0.370 e. The molecule has 3 unspecified atom stereocenters. The number of hydrogen-bond acceptors (Lipinski definition) is 2. The molecular formula is C14H28N2O. The van der Waals surface area contributed by atoms with Crippen LogP contribution in [0.2, 0.25) is 0 Å². The number of carbonyl (C=O) groups excluding carboxylic acids is 1. The predicted octanol–water partition coefficient (Wildman–Crippen LogP) is 2.44. The lowest BCUT2D eigenvalue weighted by atomic mass is 9.69. The molecule has 3 atom stereocenters. The van der Waals surface area contributed by atoms with Gasteiger partial charge in [-0.3, -0.25) is 4.79 Å². The first-order chi connectivity index (χ1) is 7.80. The third-order valence-electron chi connectivity index (χ3n) is 3.88. The minimum absolute atomic E-state index is 0.195. The molecular weight excluding hydrogens is 212 g/mol. The summed E-state index contributed by atoms with van der Waals surface area (Å²) >= 11 is 0. The molecule has 0 saturated heterocycles. The van der Waals surface area contributed by atoms with Gasteiger partial charge in [0.15, 0.2) is 0 Å². The van der Waals surface area contributed by atoms with Crippen molar-refractivity contribution < 1.29 is 4.79 Å². The highest BCUT2D eigenvalue weighted by molar-refractivity contribution is 5.74. The van der Waals surface area contributed by atoms with Gasteiger partial charge in [0.2, 0.25) is 5.91 Å². The molecule has 1 aliphatic carbocycles. The molecule has 0 aliphatic heterocycles. The first kappa shape index (κ1) is 14.5. The first-order valence-corrected chi connectivity index (χ1v) is 6.85. The van der Waals surface area contributed by atoms with Crippen LogP contribution in [0.3, 0.4) is 0 Å². The molecule has 0 aromatic carbocycles. The Morgan fingerprint density at radius 2 is 1.94 bits per heavy atom. The van der Waals surface area contributed by atoms with Gasteiger partial charge in [-0.15, -0.1) is 0 Å². The van der Waals surface area contributed by atoms with Crippen LogP contribution in [0.15, 0.2) is 0 Å². The van der Waals surface area contributed by atoms with E-state index in [1.807, 2.05) is 0 Å². The number of nitrogens with one attached hydrogen (secondary N) is 1. The van der Waals surface area contributed by atoms with Gasteiger partial charge in [-0.25, -0.2) is 0 Å². The Bertz CT molecular complexity index is 257. The molecule has 1 aliphatic rings. The second-order valence-corrected chi connectivity index (χ2v) is 6.60. The van der Waals surface area contributed by atoms with Crippen LogP contribution in [-0.2, 0) is 4.79 Å². The zero-order valence-electron chi connectivity index (χ0n) is 11.8. The van der Waals surface area contributed by atoms with Crippen molar-refractivity contribution in [3.05, 3.63) is 0 Å². The van der Waals surface area contributed by atoms with Crippen molar-refractivity contribution in [2.45, 2.75) is 71.9 Å². The summed E-state index contributed by atoms with van der Waals surface area (Å²) in [5, 5.41) is 3.61. The third-order valence-corrected chi connectivity index (χ3v) is 3.88. The summed E-state index contributed by atoms with van der Waals surface area (Å²) in [4.78, 5) is 10.9. The fraction of sp³-hybridized carbons (Fsp3) is 0.929. The van der Waals surface area contributed by atoms with Crippen LogP contribution in [0, 0.1) is 11.3 Å². The van der Waals surface area contributed by atoms with E-state index in [4.69, 9.17) is 5.73 Å². The largest absolute Gasteiger partial charge is 0.370 e. The van der Waals surface area contributed by atoms with Gasteiger partial charge in [0.1, 0.15) is 0 Å². The summed E-state index contributed by atoms with van der Waals surface area (Å²) in [6.45, 7) is 9.00. The van der Waals surface area contributed by atoms with Gasteiger partial charge in [0.05, 0.1) is 0 Å². The highest BCUT2D eigenvalue weighted by Crippen LogP contribution is 2.38. The quantitative estimate of drug-likeness (QED) is 0.793. The third kappa shape index (κ3) is 4.66. The van der Waals surface area contributed by atoms with Crippen LogP contribution >= 0.6 is 0 Å². The number of rotatable bonds is 4. The Hall–Kier alpha value is -0.570. The second-order valence-electron chi connectivity index (χ2n) is 6.60. The average molecular weight is 240 g/mol. The summed E-state index contributed by atoms with van der Waals surface area (Å²) in [7, 11) is 0. The normalized spacial score (nSPS) is 27.8. The lowest BCUT2D eigenvalue weighted by Crippen LogP contribution is -2.48. The van der Waals surface area contributed by atoms with E-state index in [9.17, 15) is 4.79 Å². The molecule has 1 amide bonds. The van der Waals surface area contributed by atoms with Crippen LogP contribution in [0.1, 0.15) is 59.8 Å². The van der Waals surface area contributed by atoms with Crippen molar-refractivity contribution in [1.82, 2.24) is 5.32 Å². The van der Waals surface area contributed by atoms with E-state index in [-0.39, 0.29) is 11.9 Å². The summed E-state index contributed by atoms with van der Waals surface area (Å²) in [6.07, 6.45) is 5.60. The van der Waals surface area contributed by atoms with Crippen LogP contribution < -0.4 is 11.1 Å². The predicted molar refractivity (Wildman–Crippen MR) is 71.6 cm³/mol. The summed E-state index contributed by atoms with van der Waals surface area (Å²) < 4.78 is 0. The van der Waals surface area contributed by atoms with Gasteiger partial charge < -0.3 is 11.1 Å². The maximum absolute atomic E-state index is 10.9. The molecule has 0 aromatic heterocycles. The van der Waals surface area contributed by atoms with Gasteiger partial charge in [-0.05, 0) is 31.1 Å². The van der Waals surface area contributed by atoms with E-state index in [1.165, 1.54) is 25.7 Å². The Balaban J connectivity index is 2.56. The Morgan fingerprint density at radius 3 is 2.47 bits per heavy atom. The SMILES string of the molecule is CC(CC(N)=O)NC1CCCCC1C(C)(C)C. The molecule has 0 spiro atoms. The molecule has 1 fully saturated rings. The summed E-state index contributed by atoms with van der Waals surface area (Å²) in [5.74, 6) is 0.486.